The van der Waals surface area contributed by atoms with Gasteiger partial charge in [-0.05, 0) is 30.9 Å². The average molecular weight is 378 g/mol. The number of carboxylic acids is 1. The third-order valence-electron chi connectivity index (χ3n) is 4.59. The maximum atomic E-state index is 12.8. The molecule has 3 rings (SSSR count). The molecule has 1 aliphatic rings. The molecule has 2 aromatic rings. The molecule has 1 aliphatic carbocycles. The fourth-order valence-corrected chi connectivity index (χ4v) is 3.18. The predicted molar refractivity (Wildman–Crippen MR) is 93.1 cm³/mol. The van der Waals surface area contributed by atoms with Gasteiger partial charge in [0.15, 0.2) is 0 Å². The minimum Gasteiger partial charge on any atom is -0.480 e. The van der Waals surface area contributed by atoms with E-state index in [2.05, 4.69) is 10.3 Å². The fraction of sp³-hybridized carbons (Fsp3) is 0.316. The molecule has 1 unspecified atom stereocenters. The summed E-state index contributed by atoms with van der Waals surface area (Å²) in [4.78, 5) is 26.8. The normalized spacial score (nSPS) is 17.4. The van der Waals surface area contributed by atoms with Crippen molar-refractivity contribution in [2.75, 3.05) is 6.54 Å². The van der Waals surface area contributed by atoms with Gasteiger partial charge in [0.1, 0.15) is 6.54 Å². The summed E-state index contributed by atoms with van der Waals surface area (Å²) < 4.78 is 38.5. The summed E-state index contributed by atoms with van der Waals surface area (Å²) in [6.45, 7) is -0.496. The Bertz CT molecular complexity index is 922. The molecule has 0 fully saturated rings. The van der Waals surface area contributed by atoms with Crippen molar-refractivity contribution in [2.24, 2.45) is 5.92 Å². The zero-order chi connectivity index (χ0) is 19.6. The van der Waals surface area contributed by atoms with Gasteiger partial charge >= 0.3 is 12.1 Å². The summed E-state index contributed by atoms with van der Waals surface area (Å²) in [5.41, 5.74) is 2.39. The number of hydrogen-bond acceptors (Lipinski definition) is 3. The average Bonchev–Trinajstić information content (AvgIpc) is 2.64. The Balaban J connectivity index is 1.87. The number of fused-ring (bicyclic) bond motifs is 1. The van der Waals surface area contributed by atoms with Gasteiger partial charge in [0.25, 0.3) is 5.91 Å². The Hall–Kier alpha value is -2.90. The van der Waals surface area contributed by atoms with E-state index in [0.29, 0.717) is 17.3 Å². The quantitative estimate of drug-likeness (QED) is 0.848. The second kappa shape index (κ2) is 7.38. The van der Waals surface area contributed by atoms with E-state index in [9.17, 15) is 22.8 Å². The van der Waals surface area contributed by atoms with Gasteiger partial charge in [0.05, 0.1) is 17.0 Å². The molecule has 0 aliphatic heterocycles. The lowest BCUT2D eigenvalue weighted by atomic mass is 9.85. The molecule has 2 N–H and O–H groups in total. The van der Waals surface area contributed by atoms with E-state index in [4.69, 9.17) is 5.11 Å². The van der Waals surface area contributed by atoms with Gasteiger partial charge in [-0.15, -0.1) is 0 Å². The number of carbonyl (C=O) groups is 2. The van der Waals surface area contributed by atoms with Crippen molar-refractivity contribution in [1.29, 1.82) is 0 Å². The lowest BCUT2D eigenvalue weighted by Gasteiger charge is -2.24. The molecule has 8 heteroatoms. The lowest BCUT2D eigenvalue weighted by Crippen LogP contribution is -2.29. The van der Waals surface area contributed by atoms with E-state index < -0.39 is 30.5 Å². The molecule has 1 atom stereocenters. The number of allylic oxidation sites excluding steroid dienone is 2. The molecule has 0 bridgehead atoms. The largest absolute Gasteiger partial charge is 0.480 e. The van der Waals surface area contributed by atoms with E-state index in [-0.39, 0.29) is 18.4 Å². The van der Waals surface area contributed by atoms with Gasteiger partial charge in [-0.3, -0.25) is 14.6 Å². The number of aromatic nitrogens is 1. The predicted octanol–water partition coefficient (Wildman–Crippen LogP) is 3.80. The highest BCUT2D eigenvalue weighted by atomic mass is 19.4. The highest BCUT2D eigenvalue weighted by Gasteiger charge is 2.39. The minimum atomic E-state index is -4.18. The number of hydrogen-bond donors (Lipinski definition) is 2. The standard InChI is InChI=1S/C19H17F3N2O3/c20-19(21,22)14-6-4-11(5-7-14)15-3-1-2-12-8-13(9-23-17(12)15)18(27)24-10-16(25)26/h1-4,8-9,14H,5-7,10H2,(H,24,27)(H,25,26). The number of amides is 1. The van der Waals surface area contributed by atoms with Gasteiger partial charge in [-0.1, -0.05) is 24.3 Å². The Morgan fingerprint density at radius 3 is 2.70 bits per heavy atom. The Morgan fingerprint density at radius 1 is 1.30 bits per heavy atom. The summed E-state index contributed by atoms with van der Waals surface area (Å²) >= 11 is 0. The lowest BCUT2D eigenvalue weighted by molar-refractivity contribution is -0.175. The molecular formula is C19H17F3N2O3. The van der Waals surface area contributed by atoms with Crippen LogP contribution in [0.1, 0.15) is 35.2 Å². The van der Waals surface area contributed by atoms with Crippen LogP contribution in [0.25, 0.3) is 16.5 Å². The Labute approximate surface area is 152 Å². The molecule has 1 aromatic carbocycles. The number of halogens is 3. The molecule has 27 heavy (non-hydrogen) atoms. The van der Waals surface area contributed by atoms with Crippen LogP contribution in [0.15, 0.2) is 36.5 Å². The molecule has 0 radical (unpaired) electrons. The van der Waals surface area contributed by atoms with E-state index in [1.54, 1.807) is 30.3 Å². The second-order valence-electron chi connectivity index (χ2n) is 6.42. The van der Waals surface area contributed by atoms with Crippen molar-refractivity contribution < 1.29 is 27.9 Å². The highest BCUT2D eigenvalue weighted by molar-refractivity contribution is 6.00. The maximum Gasteiger partial charge on any atom is 0.392 e. The van der Waals surface area contributed by atoms with Crippen LogP contribution in [-0.4, -0.2) is 34.7 Å². The van der Waals surface area contributed by atoms with Gasteiger partial charge in [0.2, 0.25) is 0 Å². The molecule has 1 heterocycles. The topological polar surface area (TPSA) is 79.3 Å². The van der Waals surface area contributed by atoms with E-state index >= 15 is 0 Å². The first-order valence-electron chi connectivity index (χ1n) is 8.40. The number of carboxylic acid groups (broad SMARTS) is 1. The Morgan fingerprint density at radius 2 is 2.07 bits per heavy atom. The number of carbonyl (C=O) groups excluding carboxylic acids is 1. The molecule has 5 nitrogen and oxygen atoms in total. The number of pyridine rings is 1. The number of benzene rings is 1. The number of para-hydroxylation sites is 1. The number of nitrogens with zero attached hydrogens (tertiary/aromatic N) is 1. The van der Waals surface area contributed by atoms with Crippen LogP contribution in [0.5, 0.6) is 0 Å². The van der Waals surface area contributed by atoms with Crippen molar-refractivity contribution in [1.82, 2.24) is 10.3 Å². The number of nitrogens with one attached hydrogen (secondary N) is 1. The van der Waals surface area contributed by atoms with Gasteiger partial charge in [0, 0.05) is 17.1 Å². The molecule has 1 aromatic heterocycles. The molecule has 142 valence electrons. The summed E-state index contributed by atoms with van der Waals surface area (Å²) in [5, 5.41) is 11.5. The first-order chi connectivity index (χ1) is 12.8. The first kappa shape index (κ1) is 18.9. The van der Waals surface area contributed by atoms with Crippen molar-refractivity contribution in [2.45, 2.75) is 25.4 Å². The highest BCUT2D eigenvalue weighted by Crippen LogP contribution is 2.40. The van der Waals surface area contributed by atoms with Crippen LogP contribution >= 0.6 is 0 Å². The monoisotopic (exact) mass is 378 g/mol. The van der Waals surface area contributed by atoms with Crippen molar-refractivity contribution in [3.05, 3.63) is 47.7 Å². The molecule has 0 saturated carbocycles. The number of alkyl halides is 3. The summed E-state index contributed by atoms with van der Waals surface area (Å²) in [7, 11) is 0. The third-order valence-corrected chi connectivity index (χ3v) is 4.59. The van der Waals surface area contributed by atoms with Gasteiger partial charge in [-0.2, -0.15) is 13.2 Å². The SMILES string of the molecule is O=C(O)CNC(=O)c1cnc2c(C3=CCC(C(F)(F)F)CC3)cccc2c1. The van der Waals surface area contributed by atoms with Crippen LogP contribution in [0.2, 0.25) is 0 Å². The minimum absolute atomic E-state index is 0.0431. The van der Waals surface area contributed by atoms with Crippen LogP contribution in [0, 0.1) is 5.92 Å². The van der Waals surface area contributed by atoms with Gasteiger partial charge < -0.3 is 10.4 Å². The molecule has 0 saturated heterocycles. The van der Waals surface area contributed by atoms with E-state index in [1.165, 1.54) is 6.20 Å². The summed E-state index contributed by atoms with van der Waals surface area (Å²) in [6, 6.07) is 6.90. The van der Waals surface area contributed by atoms with Gasteiger partial charge in [-0.25, -0.2) is 0 Å². The van der Waals surface area contributed by atoms with Crippen molar-refractivity contribution in [3.8, 4) is 0 Å². The first-order valence-corrected chi connectivity index (χ1v) is 8.40. The van der Waals surface area contributed by atoms with Crippen molar-refractivity contribution in [3.63, 3.8) is 0 Å². The van der Waals surface area contributed by atoms with Crippen LogP contribution in [0.3, 0.4) is 0 Å². The second-order valence-corrected chi connectivity index (χ2v) is 6.42. The van der Waals surface area contributed by atoms with Crippen LogP contribution in [-0.2, 0) is 4.79 Å². The third kappa shape index (κ3) is 4.27. The van der Waals surface area contributed by atoms with E-state index in [1.807, 2.05) is 0 Å². The smallest absolute Gasteiger partial charge is 0.392 e. The van der Waals surface area contributed by atoms with Crippen LogP contribution in [0.4, 0.5) is 13.2 Å². The molecule has 1 amide bonds. The fourth-order valence-electron chi connectivity index (χ4n) is 3.18. The summed E-state index contributed by atoms with van der Waals surface area (Å²) in [6.07, 6.45) is -0.925. The van der Waals surface area contributed by atoms with Crippen molar-refractivity contribution >= 4 is 28.4 Å². The Kier molecular flexibility index (Phi) is 5.16. The maximum absolute atomic E-state index is 12.8. The molecule has 0 spiro atoms. The molecular weight excluding hydrogens is 361 g/mol. The summed E-state index contributed by atoms with van der Waals surface area (Å²) in [5.74, 6) is -3.02. The van der Waals surface area contributed by atoms with E-state index in [0.717, 1.165) is 11.1 Å². The number of aliphatic carboxylic acids is 1. The zero-order valence-electron chi connectivity index (χ0n) is 14.2. The zero-order valence-corrected chi connectivity index (χ0v) is 14.2. The van der Waals surface area contributed by atoms with Crippen LogP contribution < -0.4 is 5.32 Å². The number of rotatable bonds is 4.